The van der Waals surface area contributed by atoms with Crippen molar-refractivity contribution < 1.29 is 27.2 Å². The maximum atomic E-state index is 11.3. The van der Waals surface area contributed by atoms with E-state index in [4.69, 9.17) is 8.92 Å². The van der Waals surface area contributed by atoms with E-state index >= 15 is 0 Å². The molecule has 1 saturated heterocycles. The summed E-state index contributed by atoms with van der Waals surface area (Å²) in [6.45, 7) is 2.58. The highest BCUT2D eigenvalue weighted by molar-refractivity contribution is 7.85. The van der Waals surface area contributed by atoms with Gasteiger partial charge in [0.25, 0.3) is 10.1 Å². The summed E-state index contributed by atoms with van der Waals surface area (Å²) in [4.78, 5) is 12.6. The van der Waals surface area contributed by atoms with Gasteiger partial charge in [0.2, 0.25) is 0 Å². The first-order chi connectivity index (χ1) is 11.2. The van der Waals surface area contributed by atoms with Crippen molar-refractivity contribution in [3.8, 4) is 5.75 Å². The standard InChI is InChI=1S/C16H23NO6S/c1-11-8-17(16(18)19)9-13(10-23-24(3,20)21)15(11)12-4-6-14(22-2)7-5-12/h4-7,11,13,15H,8-10H2,1-3H3,(H,18,19). The van der Waals surface area contributed by atoms with Crippen LogP contribution in [0.2, 0.25) is 0 Å². The Bertz CT molecular complexity index is 672. The van der Waals surface area contributed by atoms with E-state index in [-0.39, 0.29) is 30.9 Å². The molecule has 0 spiro atoms. The van der Waals surface area contributed by atoms with Gasteiger partial charge in [-0.15, -0.1) is 0 Å². The van der Waals surface area contributed by atoms with Gasteiger partial charge < -0.3 is 14.7 Å². The van der Waals surface area contributed by atoms with Crippen molar-refractivity contribution in [2.75, 3.05) is 33.1 Å². The first-order valence-corrected chi connectivity index (χ1v) is 9.49. The van der Waals surface area contributed by atoms with Crippen molar-refractivity contribution in [2.45, 2.75) is 12.8 Å². The molecule has 1 N–H and O–H groups in total. The van der Waals surface area contributed by atoms with Crippen LogP contribution in [0.4, 0.5) is 4.79 Å². The molecule has 0 aromatic heterocycles. The van der Waals surface area contributed by atoms with Crippen LogP contribution >= 0.6 is 0 Å². The molecule has 0 bridgehead atoms. The summed E-state index contributed by atoms with van der Waals surface area (Å²) in [7, 11) is -1.99. The topological polar surface area (TPSA) is 93.1 Å². The fourth-order valence-corrected chi connectivity index (χ4v) is 3.77. The number of carboxylic acid groups (broad SMARTS) is 1. The molecule has 7 nitrogen and oxygen atoms in total. The van der Waals surface area contributed by atoms with Crippen LogP contribution in [-0.4, -0.2) is 57.6 Å². The van der Waals surface area contributed by atoms with E-state index in [0.29, 0.717) is 6.54 Å². The number of amides is 1. The number of piperidine rings is 1. The van der Waals surface area contributed by atoms with Crippen LogP contribution in [0.15, 0.2) is 24.3 Å². The van der Waals surface area contributed by atoms with E-state index in [2.05, 4.69) is 0 Å². The largest absolute Gasteiger partial charge is 0.497 e. The lowest BCUT2D eigenvalue weighted by Gasteiger charge is -2.41. The van der Waals surface area contributed by atoms with Gasteiger partial charge in [0.15, 0.2) is 0 Å². The first kappa shape index (κ1) is 18.5. The molecule has 1 aliphatic heterocycles. The van der Waals surface area contributed by atoms with E-state index in [0.717, 1.165) is 17.6 Å². The number of likely N-dealkylation sites (tertiary alicyclic amines) is 1. The first-order valence-electron chi connectivity index (χ1n) is 7.67. The van der Waals surface area contributed by atoms with Crippen LogP contribution in [0, 0.1) is 11.8 Å². The number of ether oxygens (including phenoxy) is 1. The predicted molar refractivity (Wildman–Crippen MR) is 88.8 cm³/mol. The lowest BCUT2D eigenvalue weighted by Crippen LogP contribution is -2.48. The van der Waals surface area contributed by atoms with Crippen molar-refractivity contribution in [1.29, 1.82) is 0 Å². The van der Waals surface area contributed by atoms with Gasteiger partial charge in [-0.25, -0.2) is 4.79 Å². The van der Waals surface area contributed by atoms with Gasteiger partial charge in [-0.05, 0) is 29.5 Å². The monoisotopic (exact) mass is 357 g/mol. The highest BCUT2D eigenvalue weighted by atomic mass is 32.2. The molecule has 0 aliphatic carbocycles. The number of carbonyl (C=O) groups is 1. The number of hydrogen-bond donors (Lipinski definition) is 1. The summed E-state index contributed by atoms with van der Waals surface area (Å²) in [6.07, 6.45) is -0.00393. The zero-order valence-electron chi connectivity index (χ0n) is 14.0. The van der Waals surface area contributed by atoms with Crippen LogP contribution in [0.5, 0.6) is 5.75 Å². The summed E-state index contributed by atoms with van der Waals surface area (Å²) in [5.74, 6) is 0.538. The Hall–Kier alpha value is -1.80. The highest BCUT2D eigenvalue weighted by Gasteiger charge is 2.38. The molecular weight excluding hydrogens is 334 g/mol. The van der Waals surface area contributed by atoms with Crippen LogP contribution < -0.4 is 4.74 Å². The lowest BCUT2D eigenvalue weighted by molar-refractivity contribution is 0.0711. The lowest BCUT2D eigenvalue weighted by atomic mass is 9.75. The number of nitrogens with zero attached hydrogens (tertiary/aromatic N) is 1. The molecule has 134 valence electrons. The summed E-state index contributed by atoms with van der Waals surface area (Å²) in [5.41, 5.74) is 1.02. The Labute approximate surface area is 142 Å². The molecular formula is C16H23NO6S. The maximum absolute atomic E-state index is 11.3. The molecule has 1 aliphatic rings. The highest BCUT2D eigenvalue weighted by Crippen LogP contribution is 2.38. The average molecular weight is 357 g/mol. The van der Waals surface area contributed by atoms with Crippen LogP contribution in [0.1, 0.15) is 18.4 Å². The number of hydrogen-bond acceptors (Lipinski definition) is 5. The third-order valence-electron chi connectivity index (χ3n) is 4.35. The molecule has 0 radical (unpaired) electrons. The normalized spacial score (nSPS) is 24.6. The third-order valence-corrected chi connectivity index (χ3v) is 4.92. The second-order valence-corrected chi connectivity index (χ2v) is 7.86. The van der Waals surface area contributed by atoms with Gasteiger partial charge in [0.05, 0.1) is 20.0 Å². The van der Waals surface area contributed by atoms with Gasteiger partial charge in [0, 0.05) is 19.0 Å². The van der Waals surface area contributed by atoms with Gasteiger partial charge >= 0.3 is 6.09 Å². The Morgan fingerprint density at radius 2 is 1.92 bits per heavy atom. The van der Waals surface area contributed by atoms with Crippen molar-refractivity contribution in [3.63, 3.8) is 0 Å². The predicted octanol–water partition coefficient (Wildman–Crippen LogP) is 2.00. The van der Waals surface area contributed by atoms with E-state index in [1.807, 2.05) is 31.2 Å². The summed E-state index contributed by atoms with van der Waals surface area (Å²) < 4.78 is 32.8. The van der Waals surface area contributed by atoms with Crippen LogP contribution in [-0.2, 0) is 14.3 Å². The van der Waals surface area contributed by atoms with Gasteiger partial charge in [0.1, 0.15) is 5.75 Å². The van der Waals surface area contributed by atoms with Crippen molar-refractivity contribution in [1.82, 2.24) is 4.90 Å². The molecule has 3 unspecified atom stereocenters. The van der Waals surface area contributed by atoms with E-state index in [1.54, 1.807) is 7.11 Å². The zero-order valence-corrected chi connectivity index (χ0v) is 14.8. The van der Waals surface area contributed by atoms with Gasteiger partial charge in [-0.3, -0.25) is 4.18 Å². The van der Waals surface area contributed by atoms with Gasteiger partial charge in [-0.1, -0.05) is 19.1 Å². The molecule has 24 heavy (non-hydrogen) atoms. The molecule has 0 saturated carbocycles. The molecule has 1 fully saturated rings. The second-order valence-electron chi connectivity index (χ2n) is 6.21. The van der Waals surface area contributed by atoms with E-state index in [9.17, 15) is 18.3 Å². The Kier molecular flexibility index (Phi) is 5.71. The molecule has 1 aromatic rings. The third kappa shape index (κ3) is 4.61. The van der Waals surface area contributed by atoms with Crippen LogP contribution in [0.3, 0.4) is 0 Å². The Morgan fingerprint density at radius 1 is 1.29 bits per heavy atom. The van der Waals surface area contributed by atoms with Gasteiger partial charge in [-0.2, -0.15) is 8.42 Å². The summed E-state index contributed by atoms with van der Waals surface area (Å²) >= 11 is 0. The smallest absolute Gasteiger partial charge is 0.407 e. The number of benzene rings is 1. The Balaban J connectivity index is 2.27. The minimum Gasteiger partial charge on any atom is -0.497 e. The van der Waals surface area contributed by atoms with Crippen molar-refractivity contribution >= 4 is 16.2 Å². The number of rotatable bonds is 5. The maximum Gasteiger partial charge on any atom is 0.407 e. The SMILES string of the molecule is COc1ccc(C2C(C)CN(C(=O)O)CC2COS(C)(=O)=O)cc1. The van der Waals surface area contributed by atoms with Crippen LogP contribution in [0.25, 0.3) is 0 Å². The number of methoxy groups -OCH3 is 1. The average Bonchev–Trinajstić information content (AvgIpc) is 2.52. The van der Waals surface area contributed by atoms with Crippen molar-refractivity contribution in [3.05, 3.63) is 29.8 Å². The molecule has 3 atom stereocenters. The fourth-order valence-electron chi connectivity index (χ4n) is 3.35. The molecule has 1 aromatic carbocycles. The quantitative estimate of drug-likeness (QED) is 0.810. The molecule has 1 amide bonds. The summed E-state index contributed by atoms with van der Waals surface area (Å²) in [6, 6.07) is 7.56. The molecule has 8 heteroatoms. The second kappa shape index (κ2) is 7.40. The fraction of sp³-hybridized carbons (Fsp3) is 0.562. The Morgan fingerprint density at radius 3 is 2.42 bits per heavy atom. The van der Waals surface area contributed by atoms with E-state index < -0.39 is 16.2 Å². The zero-order chi connectivity index (χ0) is 17.9. The minimum absolute atomic E-state index is 0.00764. The van der Waals surface area contributed by atoms with E-state index in [1.165, 1.54) is 4.90 Å². The van der Waals surface area contributed by atoms with Crippen molar-refractivity contribution in [2.24, 2.45) is 11.8 Å². The molecule has 1 heterocycles. The summed E-state index contributed by atoms with van der Waals surface area (Å²) in [5, 5.41) is 9.28. The minimum atomic E-state index is -3.58. The molecule has 2 rings (SSSR count).